The molecule has 2 nitrogen and oxygen atoms in total. The van der Waals surface area contributed by atoms with Crippen LogP contribution in [0.1, 0.15) is 11.6 Å². The number of ether oxygens (including phenoxy) is 1. The van der Waals surface area contributed by atoms with Gasteiger partial charge in [0, 0.05) is 5.88 Å². The van der Waals surface area contributed by atoms with Gasteiger partial charge in [-0.15, -0.1) is 11.6 Å². The molecule has 16 heavy (non-hydrogen) atoms. The normalized spacial score (nSPS) is 18.9. The molecular weight excluding hydrogens is 222 g/mol. The average Bonchev–Trinajstić information content (AvgIpc) is 2.39. The van der Waals surface area contributed by atoms with Gasteiger partial charge >= 0.3 is 0 Å². The summed E-state index contributed by atoms with van der Waals surface area (Å²) in [6.45, 7) is 0. The number of dihydropyridines is 1. The minimum Gasteiger partial charge on any atom is -0.497 e. The Morgan fingerprint density at radius 2 is 2.31 bits per heavy atom. The summed E-state index contributed by atoms with van der Waals surface area (Å²) in [5.41, 5.74) is 2.31. The fraction of sp³-hybridized carbons (Fsp3) is 0.231. The summed E-state index contributed by atoms with van der Waals surface area (Å²) in [6, 6.07) is 8.20. The number of hydrogen-bond donors (Lipinski definition) is 1. The van der Waals surface area contributed by atoms with E-state index in [1.54, 1.807) is 7.11 Å². The third-order valence-electron chi connectivity index (χ3n) is 2.56. The van der Waals surface area contributed by atoms with Gasteiger partial charge in [0.05, 0.1) is 13.2 Å². The molecule has 1 aromatic rings. The largest absolute Gasteiger partial charge is 0.497 e. The van der Waals surface area contributed by atoms with Crippen molar-refractivity contribution >= 4 is 11.6 Å². The predicted molar refractivity (Wildman–Crippen MR) is 66.8 cm³/mol. The molecule has 0 spiro atoms. The lowest BCUT2D eigenvalue weighted by molar-refractivity contribution is 0.414. The second-order valence-corrected chi connectivity index (χ2v) is 3.90. The summed E-state index contributed by atoms with van der Waals surface area (Å²) in [4.78, 5) is 0. The highest BCUT2D eigenvalue weighted by Crippen LogP contribution is 2.23. The highest BCUT2D eigenvalue weighted by Gasteiger charge is 2.10. The SMILES string of the molecule is COc1cccc(C2C=C(CCl)C=CN2)c1. The molecule has 0 bridgehead atoms. The van der Waals surface area contributed by atoms with Crippen LogP contribution < -0.4 is 10.1 Å². The van der Waals surface area contributed by atoms with Crippen LogP contribution in [0, 0.1) is 0 Å². The molecule has 84 valence electrons. The van der Waals surface area contributed by atoms with Gasteiger partial charge in [-0.25, -0.2) is 0 Å². The standard InChI is InChI=1S/C13H14ClNO/c1-16-12-4-2-3-11(8-12)13-7-10(9-14)5-6-15-13/h2-8,13,15H,9H2,1H3. The molecule has 1 aliphatic heterocycles. The van der Waals surface area contributed by atoms with E-state index in [1.807, 2.05) is 30.5 Å². The number of allylic oxidation sites excluding steroid dienone is 2. The van der Waals surface area contributed by atoms with E-state index < -0.39 is 0 Å². The maximum Gasteiger partial charge on any atom is 0.119 e. The molecule has 1 unspecified atom stereocenters. The number of benzene rings is 1. The van der Waals surface area contributed by atoms with Gasteiger partial charge in [-0.3, -0.25) is 0 Å². The third kappa shape index (κ3) is 2.39. The Morgan fingerprint density at radius 3 is 3.06 bits per heavy atom. The van der Waals surface area contributed by atoms with Crippen LogP contribution in [0.4, 0.5) is 0 Å². The summed E-state index contributed by atoms with van der Waals surface area (Å²) in [7, 11) is 1.67. The summed E-state index contributed by atoms with van der Waals surface area (Å²) >= 11 is 5.82. The summed E-state index contributed by atoms with van der Waals surface area (Å²) < 4.78 is 5.21. The van der Waals surface area contributed by atoms with Gasteiger partial charge in [0.1, 0.15) is 5.75 Å². The Kier molecular flexibility index (Phi) is 3.52. The molecule has 0 fully saturated rings. The van der Waals surface area contributed by atoms with E-state index in [0.29, 0.717) is 5.88 Å². The Labute approximate surface area is 101 Å². The smallest absolute Gasteiger partial charge is 0.119 e. The molecule has 0 aromatic heterocycles. The van der Waals surface area contributed by atoms with Crippen LogP contribution in [-0.4, -0.2) is 13.0 Å². The van der Waals surface area contributed by atoms with Crippen molar-refractivity contribution < 1.29 is 4.74 Å². The topological polar surface area (TPSA) is 21.3 Å². The molecule has 1 aromatic carbocycles. The summed E-state index contributed by atoms with van der Waals surface area (Å²) in [5.74, 6) is 1.41. The Morgan fingerprint density at radius 1 is 1.44 bits per heavy atom. The van der Waals surface area contributed by atoms with E-state index in [2.05, 4.69) is 17.5 Å². The molecule has 0 aliphatic carbocycles. The predicted octanol–water partition coefficient (Wildman–Crippen LogP) is 3.02. The fourth-order valence-corrected chi connectivity index (χ4v) is 1.87. The van der Waals surface area contributed by atoms with Crippen molar-refractivity contribution in [3.8, 4) is 5.75 Å². The van der Waals surface area contributed by atoms with Crippen LogP contribution in [0.15, 0.2) is 48.2 Å². The van der Waals surface area contributed by atoms with Gasteiger partial charge in [-0.1, -0.05) is 18.2 Å². The quantitative estimate of drug-likeness (QED) is 0.814. The molecule has 0 radical (unpaired) electrons. The number of rotatable bonds is 3. The zero-order chi connectivity index (χ0) is 11.4. The first kappa shape index (κ1) is 11.1. The van der Waals surface area contributed by atoms with Crippen LogP contribution in [0.2, 0.25) is 0 Å². The number of alkyl halides is 1. The van der Waals surface area contributed by atoms with E-state index in [4.69, 9.17) is 16.3 Å². The van der Waals surface area contributed by atoms with Crippen LogP contribution in [-0.2, 0) is 0 Å². The van der Waals surface area contributed by atoms with Crippen molar-refractivity contribution in [1.82, 2.24) is 5.32 Å². The highest BCUT2D eigenvalue weighted by atomic mass is 35.5. The van der Waals surface area contributed by atoms with Crippen LogP contribution >= 0.6 is 11.6 Å². The Hall–Kier alpha value is -1.41. The molecule has 0 amide bonds. The van der Waals surface area contributed by atoms with Crippen molar-refractivity contribution in [2.75, 3.05) is 13.0 Å². The maximum atomic E-state index is 5.82. The zero-order valence-electron chi connectivity index (χ0n) is 9.11. The average molecular weight is 236 g/mol. The molecule has 0 saturated heterocycles. The zero-order valence-corrected chi connectivity index (χ0v) is 9.87. The minimum atomic E-state index is 0.175. The van der Waals surface area contributed by atoms with Crippen LogP contribution in [0.25, 0.3) is 0 Å². The summed E-state index contributed by atoms with van der Waals surface area (Å²) in [6.07, 6.45) is 6.05. The van der Waals surface area contributed by atoms with E-state index in [9.17, 15) is 0 Å². The van der Waals surface area contributed by atoms with Gasteiger partial charge in [0.25, 0.3) is 0 Å². The molecular formula is C13H14ClNO. The Bertz CT molecular complexity index is 426. The molecule has 0 saturated carbocycles. The minimum absolute atomic E-state index is 0.175. The van der Waals surface area contributed by atoms with Gasteiger partial charge in [-0.05, 0) is 35.5 Å². The number of hydrogen-bond acceptors (Lipinski definition) is 2. The Balaban J connectivity index is 2.24. The van der Waals surface area contributed by atoms with Crippen LogP contribution in [0.5, 0.6) is 5.75 Å². The third-order valence-corrected chi connectivity index (χ3v) is 2.87. The monoisotopic (exact) mass is 235 g/mol. The molecule has 2 rings (SSSR count). The second-order valence-electron chi connectivity index (χ2n) is 3.63. The first-order chi connectivity index (χ1) is 7.83. The first-order valence-corrected chi connectivity index (χ1v) is 5.70. The summed E-state index contributed by atoms with van der Waals surface area (Å²) in [5, 5.41) is 3.28. The van der Waals surface area contributed by atoms with Crippen molar-refractivity contribution in [3.05, 3.63) is 53.8 Å². The van der Waals surface area contributed by atoms with Gasteiger partial charge in [-0.2, -0.15) is 0 Å². The van der Waals surface area contributed by atoms with Crippen molar-refractivity contribution in [2.45, 2.75) is 6.04 Å². The van der Waals surface area contributed by atoms with E-state index >= 15 is 0 Å². The van der Waals surface area contributed by atoms with Crippen molar-refractivity contribution in [3.63, 3.8) is 0 Å². The highest BCUT2D eigenvalue weighted by molar-refractivity contribution is 6.19. The lowest BCUT2D eigenvalue weighted by Gasteiger charge is -2.19. The van der Waals surface area contributed by atoms with E-state index in [-0.39, 0.29) is 6.04 Å². The second kappa shape index (κ2) is 5.08. The molecule has 1 N–H and O–H groups in total. The van der Waals surface area contributed by atoms with Gasteiger partial charge in [0.15, 0.2) is 0 Å². The number of methoxy groups -OCH3 is 1. The first-order valence-electron chi connectivity index (χ1n) is 5.16. The molecule has 1 heterocycles. The molecule has 1 aliphatic rings. The molecule has 3 heteroatoms. The maximum absolute atomic E-state index is 5.82. The van der Waals surface area contributed by atoms with E-state index in [1.165, 1.54) is 5.56 Å². The number of halogens is 1. The fourth-order valence-electron chi connectivity index (χ4n) is 1.69. The van der Waals surface area contributed by atoms with Crippen LogP contribution in [0.3, 0.4) is 0 Å². The van der Waals surface area contributed by atoms with Gasteiger partial charge in [0.2, 0.25) is 0 Å². The van der Waals surface area contributed by atoms with Crippen molar-refractivity contribution in [1.29, 1.82) is 0 Å². The molecule has 1 atom stereocenters. The lowest BCUT2D eigenvalue weighted by atomic mass is 10.0. The lowest BCUT2D eigenvalue weighted by Crippen LogP contribution is -2.16. The van der Waals surface area contributed by atoms with Crippen molar-refractivity contribution in [2.24, 2.45) is 0 Å². The number of nitrogens with one attached hydrogen (secondary N) is 1. The van der Waals surface area contributed by atoms with E-state index in [0.717, 1.165) is 11.3 Å². The van der Waals surface area contributed by atoms with Gasteiger partial charge < -0.3 is 10.1 Å².